The Morgan fingerprint density at radius 3 is 1.41 bits per heavy atom. The molecule has 2 fully saturated rings. The minimum absolute atomic E-state index is 0.259. The molecular weight excluding hydrogens is 991 g/mol. The Morgan fingerprint density at radius 1 is 0.474 bits per heavy atom. The number of hydrogen-bond donors (Lipinski definition) is 9. The predicted molar refractivity (Wildman–Crippen MR) is 313 cm³/mol. The third kappa shape index (κ3) is 34.0. The van der Waals surface area contributed by atoms with Crippen LogP contribution in [0.4, 0.5) is 0 Å². The van der Waals surface area contributed by atoms with Crippen molar-refractivity contribution in [2.45, 2.75) is 306 Å². The number of hydrogen-bond acceptors (Lipinski definition) is 13. The van der Waals surface area contributed by atoms with E-state index < -0.39 is 86.8 Å². The normalized spacial score (nSPS) is 25.1. The van der Waals surface area contributed by atoms with Gasteiger partial charge in [-0.05, 0) is 70.6 Å². The summed E-state index contributed by atoms with van der Waals surface area (Å²) in [4.78, 5) is 13.3. The van der Waals surface area contributed by atoms with Crippen molar-refractivity contribution in [1.29, 1.82) is 0 Å². The van der Waals surface area contributed by atoms with Crippen LogP contribution in [-0.4, -0.2) is 140 Å². The first-order valence-electron chi connectivity index (χ1n) is 31.2. The maximum absolute atomic E-state index is 13.3. The van der Waals surface area contributed by atoms with Gasteiger partial charge in [-0.2, -0.15) is 0 Å². The van der Waals surface area contributed by atoms with Crippen molar-refractivity contribution in [3.8, 4) is 0 Å². The second-order valence-electron chi connectivity index (χ2n) is 21.8. The lowest BCUT2D eigenvalue weighted by Crippen LogP contribution is -2.65. The molecule has 452 valence electrons. The van der Waals surface area contributed by atoms with E-state index in [1.807, 2.05) is 6.08 Å². The summed E-state index contributed by atoms with van der Waals surface area (Å²) in [5.41, 5.74) is 0. The average molecular weight is 1100 g/mol. The third-order valence-corrected chi connectivity index (χ3v) is 14.9. The van der Waals surface area contributed by atoms with Gasteiger partial charge in [0.05, 0.1) is 32.0 Å². The topological polar surface area (TPSA) is 228 Å². The summed E-state index contributed by atoms with van der Waals surface area (Å²) in [5, 5.41) is 87.2. The first-order valence-corrected chi connectivity index (χ1v) is 31.2. The Hall–Kier alpha value is -2.57. The van der Waals surface area contributed by atoms with Gasteiger partial charge in [0.2, 0.25) is 5.91 Å². The van der Waals surface area contributed by atoms with Crippen molar-refractivity contribution in [3.05, 3.63) is 72.9 Å². The molecule has 0 spiro atoms. The zero-order chi connectivity index (χ0) is 56.7. The van der Waals surface area contributed by atoms with Crippen molar-refractivity contribution in [2.75, 3.05) is 19.8 Å². The molecular formula is C64H113NO13. The molecule has 2 aliphatic heterocycles. The van der Waals surface area contributed by atoms with E-state index in [1.165, 1.54) is 128 Å². The zero-order valence-corrected chi connectivity index (χ0v) is 48.6. The lowest BCUT2D eigenvalue weighted by atomic mass is 9.97. The van der Waals surface area contributed by atoms with Gasteiger partial charge in [0.15, 0.2) is 12.6 Å². The van der Waals surface area contributed by atoms with E-state index in [9.17, 15) is 45.6 Å². The number of unbranched alkanes of at least 4 members (excludes halogenated alkanes) is 26. The molecule has 0 bridgehead atoms. The molecule has 2 aliphatic rings. The lowest BCUT2D eigenvalue weighted by molar-refractivity contribution is -0.359. The van der Waals surface area contributed by atoms with Crippen LogP contribution in [0.5, 0.6) is 0 Å². The fourth-order valence-electron chi connectivity index (χ4n) is 9.89. The third-order valence-electron chi connectivity index (χ3n) is 14.9. The van der Waals surface area contributed by atoms with E-state index in [2.05, 4.69) is 79.9 Å². The Labute approximate surface area is 472 Å². The maximum Gasteiger partial charge on any atom is 0.220 e. The molecule has 9 N–H and O–H groups in total. The van der Waals surface area contributed by atoms with Crippen molar-refractivity contribution < 1.29 is 64.6 Å². The quantitative estimate of drug-likeness (QED) is 0.0204. The first kappa shape index (κ1) is 71.5. The molecule has 14 nitrogen and oxygen atoms in total. The predicted octanol–water partition coefficient (Wildman–Crippen LogP) is 11.1. The number of carbonyl (C=O) groups is 1. The number of aliphatic hydroxyl groups is 8. The Balaban J connectivity index is 1.77. The SMILES string of the molecule is CC/C=C\C/C=C\C/C=C\C/C=C\CCCCCCCCCCC(=O)NC(COC1OC(CO)C(OC2OC(CO)C(O)C(O)C2O)C(O)C1O)C(O)/C=C/CC/C=C/CCCCCCCCCCCCCCCCCCC. The van der Waals surface area contributed by atoms with Gasteiger partial charge in [-0.15, -0.1) is 0 Å². The summed E-state index contributed by atoms with van der Waals surface area (Å²) >= 11 is 0. The van der Waals surface area contributed by atoms with Gasteiger partial charge in [-0.1, -0.05) is 228 Å². The molecule has 14 heteroatoms. The number of nitrogens with one attached hydrogen (secondary N) is 1. The molecule has 0 aliphatic carbocycles. The monoisotopic (exact) mass is 1100 g/mol. The van der Waals surface area contributed by atoms with E-state index in [4.69, 9.17) is 18.9 Å². The van der Waals surface area contributed by atoms with Gasteiger partial charge in [0.1, 0.15) is 48.8 Å². The lowest BCUT2D eigenvalue weighted by Gasteiger charge is -2.46. The van der Waals surface area contributed by atoms with Crippen LogP contribution in [0.25, 0.3) is 0 Å². The number of carbonyl (C=O) groups excluding carboxylic acids is 1. The number of aliphatic hydroxyl groups excluding tert-OH is 8. The highest BCUT2D eigenvalue weighted by Crippen LogP contribution is 2.30. The van der Waals surface area contributed by atoms with Crippen LogP contribution in [-0.2, 0) is 23.7 Å². The summed E-state index contributed by atoms with van der Waals surface area (Å²) in [6.07, 6.45) is 48.0. The maximum atomic E-state index is 13.3. The minimum atomic E-state index is -1.79. The van der Waals surface area contributed by atoms with Crippen LogP contribution in [0.2, 0.25) is 0 Å². The first-order chi connectivity index (χ1) is 38.1. The minimum Gasteiger partial charge on any atom is -0.394 e. The average Bonchev–Trinajstić information content (AvgIpc) is 3.48. The molecule has 0 aromatic carbocycles. The molecule has 1 amide bonds. The molecule has 0 radical (unpaired) electrons. The van der Waals surface area contributed by atoms with Crippen LogP contribution in [0, 0.1) is 0 Å². The molecule has 2 heterocycles. The zero-order valence-electron chi connectivity index (χ0n) is 48.6. The van der Waals surface area contributed by atoms with Gasteiger partial charge < -0.3 is 65.1 Å². The van der Waals surface area contributed by atoms with Crippen molar-refractivity contribution >= 4 is 5.91 Å². The van der Waals surface area contributed by atoms with E-state index >= 15 is 0 Å². The van der Waals surface area contributed by atoms with E-state index in [-0.39, 0.29) is 18.9 Å². The van der Waals surface area contributed by atoms with Crippen LogP contribution in [0.15, 0.2) is 72.9 Å². The Morgan fingerprint density at radius 2 is 0.897 bits per heavy atom. The summed E-state index contributed by atoms with van der Waals surface area (Å²) in [5.74, 6) is -0.259. The van der Waals surface area contributed by atoms with Crippen molar-refractivity contribution in [1.82, 2.24) is 5.32 Å². The van der Waals surface area contributed by atoms with Crippen LogP contribution < -0.4 is 5.32 Å². The summed E-state index contributed by atoms with van der Waals surface area (Å²) in [6.45, 7) is 2.67. The Bertz CT molecular complexity index is 1580. The smallest absolute Gasteiger partial charge is 0.220 e. The largest absolute Gasteiger partial charge is 0.394 e. The van der Waals surface area contributed by atoms with E-state index in [1.54, 1.807) is 6.08 Å². The van der Waals surface area contributed by atoms with Crippen molar-refractivity contribution in [3.63, 3.8) is 0 Å². The summed E-state index contributed by atoms with van der Waals surface area (Å²) in [7, 11) is 0. The number of allylic oxidation sites excluding steroid dienone is 11. The fraction of sp³-hybridized carbons (Fsp3) is 0.797. The van der Waals surface area contributed by atoms with Gasteiger partial charge in [-0.3, -0.25) is 4.79 Å². The molecule has 2 rings (SSSR count). The molecule has 12 atom stereocenters. The van der Waals surface area contributed by atoms with Crippen LogP contribution in [0.3, 0.4) is 0 Å². The molecule has 0 saturated carbocycles. The molecule has 78 heavy (non-hydrogen) atoms. The second kappa shape index (κ2) is 49.1. The summed E-state index contributed by atoms with van der Waals surface area (Å²) in [6, 6.07) is -0.940. The highest BCUT2D eigenvalue weighted by atomic mass is 16.7. The number of amides is 1. The van der Waals surface area contributed by atoms with Gasteiger partial charge in [-0.25, -0.2) is 0 Å². The fourth-order valence-corrected chi connectivity index (χ4v) is 9.89. The van der Waals surface area contributed by atoms with E-state index in [0.717, 1.165) is 70.6 Å². The molecule has 0 aromatic heterocycles. The molecule has 0 aromatic rings. The second-order valence-corrected chi connectivity index (χ2v) is 21.8. The van der Waals surface area contributed by atoms with Gasteiger partial charge >= 0.3 is 0 Å². The van der Waals surface area contributed by atoms with E-state index in [0.29, 0.717) is 12.8 Å². The highest BCUT2D eigenvalue weighted by Gasteiger charge is 2.51. The van der Waals surface area contributed by atoms with Crippen LogP contribution in [0.1, 0.15) is 232 Å². The van der Waals surface area contributed by atoms with Gasteiger partial charge in [0.25, 0.3) is 0 Å². The standard InChI is InChI=1S/C64H113NO13/c1-3-5-7-9-11-13-15-17-19-21-23-25-26-28-29-31-33-35-37-39-41-43-45-47-53(68)52(51-75-63-61(74)59(72)62(55(50-67)77-63)78-64-60(73)58(71)57(70)54(49-66)76-64)65-56(69)48-46-44-42-40-38-36-34-32-30-27-24-22-20-18-16-14-12-10-8-6-4-2/h6,8,12,14,18,20,24,27,37,39,45,47,52-55,57-64,66-68,70-74H,3-5,7,9-11,13,15-17,19,21-23,25-26,28-36,38,40-44,46,48-51H2,1-2H3,(H,65,69)/b8-6-,14-12-,20-18-,27-24-,39-37+,47-45+. The Kier molecular flexibility index (Phi) is 45.0. The number of rotatable bonds is 49. The van der Waals surface area contributed by atoms with Crippen molar-refractivity contribution in [2.24, 2.45) is 0 Å². The summed E-state index contributed by atoms with van der Waals surface area (Å²) < 4.78 is 22.8. The van der Waals surface area contributed by atoms with Gasteiger partial charge in [0, 0.05) is 6.42 Å². The van der Waals surface area contributed by atoms with Crippen LogP contribution >= 0.6 is 0 Å². The number of ether oxygens (including phenoxy) is 4. The molecule has 2 saturated heterocycles. The molecule has 12 unspecified atom stereocenters. The highest BCUT2D eigenvalue weighted by molar-refractivity contribution is 5.76.